The first-order valence-electron chi connectivity index (χ1n) is 7.35. The molecule has 0 unspecified atom stereocenters. The molecule has 0 bridgehead atoms. The molecular weight excluding hydrogens is 356 g/mol. The topological polar surface area (TPSA) is 39.4 Å². The summed E-state index contributed by atoms with van der Waals surface area (Å²) < 4.78 is 11.4. The third-order valence-electron chi connectivity index (χ3n) is 3.65. The molecule has 0 N–H and O–H groups in total. The Morgan fingerprint density at radius 3 is 2.30 bits per heavy atom. The van der Waals surface area contributed by atoms with Gasteiger partial charge in [-0.15, -0.1) is 0 Å². The number of rotatable bonds is 2. The van der Waals surface area contributed by atoms with Crippen LogP contribution in [0.25, 0.3) is 11.8 Å². The molecule has 0 atom stereocenters. The number of carbonyl (C=O) groups excluding carboxylic acids is 1. The summed E-state index contributed by atoms with van der Waals surface area (Å²) in [6.45, 7) is 6.50. The first-order valence-corrected chi connectivity index (χ1v) is 8.14. The van der Waals surface area contributed by atoms with Crippen LogP contribution in [0.2, 0.25) is 0 Å². The molecule has 1 aliphatic heterocycles. The van der Waals surface area contributed by atoms with Crippen LogP contribution in [0.15, 0.2) is 57.1 Å². The maximum absolute atomic E-state index is 12.0. The molecule has 0 fully saturated rings. The molecule has 0 aliphatic carbocycles. The zero-order valence-corrected chi connectivity index (χ0v) is 14.8. The largest absolute Gasteiger partial charge is 0.450 e. The lowest BCUT2D eigenvalue weighted by molar-refractivity contribution is -0.130. The molecule has 0 amide bonds. The summed E-state index contributed by atoms with van der Waals surface area (Å²) >= 11 is 3.24. The second-order valence-corrected chi connectivity index (χ2v) is 7.25. The van der Waals surface area contributed by atoms with E-state index >= 15 is 0 Å². The van der Waals surface area contributed by atoms with Crippen LogP contribution in [0.3, 0.4) is 0 Å². The molecule has 0 spiro atoms. The Labute approximate surface area is 143 Å². The van der Waals surface area contributed by atoms with Crippen molar-refractivity contribution in [2.75, 3.05) is 0 Å². The molecule has 0 saturated carbocycles. The number of cyclic esters (lactones) is 1. The Balaban J connectivity index is 1.88. The quantitative estimate of drug-likeness (QED) is 0.528. The summed E-state index contributed by atoms with van der Waals surface area (Å²) in [4.78, 5) is 12.0. The molecule has 0 radical (unpaired) electrons. The van der Waals surface area contributed by atoms with Gasteiger partial charge in [0.05, 0.1) is 5.57 Å². The molecule has 0 saturated heterocycles. The molecule has 1 aromatic heterocycles. The van der Waals surface area contributed by atoms with E-state index in [9.17, 15) is 4.79 Å². The number of hydrogen-bond donors (Lipinski definition) is 0. The van der Waals surface area contributed by atoms with Crippen molar-refractivity contribution in [2.24, 2.45) is 0 Å². The molecule has 2 heterocycles. The number of benzene rings is 1. The summed E-state index contributed by atoms with van der Waals surface area (Å²) in [5.74, 6) is 0.796. The fourth-order valence-electron chi connectivity index (χ4n) is 2.32. The van der Waals surface area contributed by atoms with E-state index in [4.69, 9.17) is 9.15 Å². The predicted octanol–water partition coefficient (Wildman–Crippen LogP) is 5.32. The lowest BCUT2D eigenvalue weighted by Crippen LogP contribution is -2.10. The van der Waals surface area contributed by atoms with E-state index in [0.29, 0.717) is 21.8 Å². The van der Waals surface area contributed by atoms with Crippen LogP contribution in [-0.2, 0) is 14.9 Å². The minimum absolute atomic E-state index is 0.0942. The van der Waals surface area contributed by atoms with Crippen LogP contribution in [0.4, 0.5) is 0 Å². The van der Waals surface area contributed by atoms with Crippen molar-refractivity contribution >= 4 is 33.7 Å². The molecular formula is C19H17BrO3. The fourth-order valence-corrected chi connectivity index (χ4v) is 2.64. The molecule has 3 rings (SSSR count). The Hall–Kier alpha value is -2.07. The average Bonchev–Trinajstić information content (AvgIpc) is 3.05. The first-order chi connectivity index (χ1) is 10.8. The highest BCUT2D eigenvalue weighted by molar-refractivity contribution is 9.10. The molecule has 23 heavy (non-hydrogen) atoms. The van der Waals surface area contributed by atoms with Gasteiger partial charge in [0, 0.05) is 5.56 Å². The number of halogens is 1. The van der Waals surface area contributed by atoms with Crippen LogP contribution >= 0.6 is 15.9 Å². The number of carbonyl (C=O) groups is 1. The van der Waals surface area contributed by atoms with Gasteiger partial charge >= 0.3 is 5.97 Å². The Kier molecular flexibility index (Phi) is 4.02. The molecule has 3 nitrogen and oxygen atoms in total. The number of esters is 1. The fraction of sp³-hybridized carbons (Fsp3) is 0.211. The van der Waals surface area contributed by atoms with Crippen LogP contribution < -0.4 is 0 Å². The molecule has 2 aromatic rings. The third kappa shape index (κ3) is 3.48. The maximum atomic E-state index is 12.0. The minimum atomic E-state index is -0.368. The number of furan rings is 1. The van der Waals surface area contributed by atoms with Crippen LogP contribution in [0, 0.1) is 0 Å². The summed E-state index contributed by atoms with van der Waals surface area (Å²) in [7, 11) is 0. The maximum Gasteiger partial charge on any atom is 0.343 e. The van der Waals surface area contributed by atoms with Gasteiger partial charge in [0.2, 0.25) is 0 Å². The SMILES string of the molecule is CC(C)(C)c1ccc(C2=CC(=Cc3ccc(Br)o3)C(=O)O2)cc1. The molecule has 118 valence electrons. The van der Waals surface area contributed by atoms with Crippen LogP contribution in [0.5, 0.6) is 0 Å². The number of hydrogen-bond acceptors (Lipinski definition) is 3. The van der Waals surface area contributed by atoms with Crippen molar-refractivity contribution in [3.8, 4) is 0 Å². The van der Waals surface area contributed by atoms with Crippen molar-refractivity contribution in [1.82, 2.24) is 0 Å². The van der Waals surface area contributed by atoms with E-state index in [-0.39, 0.29) is 11.4 Å². The van der Waals surface area contributed by atoms with E-state index in [2.05, 4.69) is 48.8 Å². The standard InChI is InChI=1S/C19H17BrO3/c1-19(2,3)14-6-4-12(5-7-14)16-11-13(18(21)23-16)10-15-8-9-17(20)22-15/h4-11H,1-3H3. The Bertz CT molecular complexity index is 802. The van der Waals surface area contributed by atoms with Gasteiger partial charge in [-0.2, -0.15) is 0 Å². The predicted molar refractivity (Wildman–Crippen MR) is 93.6 cm³/mol. The van der Waals surface area contributed by atoms with Gasteiger partial charge in [-0.05, 0) is 51.2 Å². The van der Waals surface area contributed by atoms with Crippen molar-refractivity contribution in [3.63, 3.8) is 0 Å². The number of ether oxygens (including phenoxy) is 1. The molecule has 4 heteroatoms. The molecule has 1 aromatic carbocycles. The highest BCUT2D eigenvalue weighted by Gasteiger charge is 2.23. The second kappa shape index (κ2) is 5.85. The van der Waals surface area contributed by atoms with E-state index in [0.717, 1.165) is 5.56 Å². The van der Waals surface area contributed by atoms with Crippen molar-refractivity contribution in [3.05, 3.63) is 69.6 Å². The van der Waals surface area contributed by atoms with Gasteiger partial charge in [-0.1, -0.05) is 45.0 Å². The van der Waals surface area contributed by atoms with Crippen molar-refractivity contribution < 1.29 is 13.9 Å². The summed E-state index contributed by atoms with van der Waals surface area (Å²) in [5.41, 5.74) is 2.69. The van der Waals surface area contributed by atoms with E-state index in [1.165, 1.54) is 5.56 Å². The minimum Gasteiger partial charge on any atom is -0.450 e. The molecule has 1 aliphatic rings. The second-order valence-electron chi connectivity index (χ2n) is 6.47. The zero-order chi connectivity index (χ0) is 16.6. The lowest BCUT2D eigenvalue weighted by atomic mass is 9.86. The van der Waals surface area contributed by atoms with E-state index in [1.807, 2.05) is 12.1 Å². The van der Waals surface area contributed by atoms with Crippen molar-refractivity contribution in [1.29, 1.82) is 0 Å². The highest BCUT2D eigenvalue weighted by Crippen LogP contribution is 2.30. The van der Waals surface area contributed by atoms with Gasteiger partial charge < -0.3 is 9.15 Å². The average molecular weight is 373 g/mol. The normalized spacial score (nSPS) is 16.6. The van der Waals surface area contributed by atoms with Gasteiger partial charge in [0.25, 0.3) is 0 Å². The smallest absolute Gasteiger partial charge is 0.343 e. The van der Waals surface area contributed by atoms with Crippen molar-refractivity contribution in [2.45, 2.75) is 26.2 Å². The monoisotopic (exact) mass is 372 g/mol. The van der Waals surface area contributed by atoms with Gasteiger partial charge in [-0.3, -0.25) is 0 Å². The van der Waals surface area contributed by atoms with E-state index in [1.54, 1.807) is 24.3 Å². The van der Waals surface area contributed by atoms with Gasteiger partial charge in [0.1, 0.15) is 11.5 Å². The highest BCUT2D eigenvalue weighted by atomic mass is 79.9. The Morgan fingerprint density at radius 2 is 1.74 bits per heavy atom. The first kappa shape index (κ1) is 15.8. The summed E-state index contributed by atoms with van der Waals surface area (Å²) in [6, 6.07) is 11.7. The van der Waals surface area contributed by atoms with E-state index < -0.39 is 0 Å². The summed E-state index contributed by atoms with van der Waals surface area (Å²) in [5, 5.41) is 0. The third-order valence-corrected chi connectivity index (χ3v) is 4.08. The zero-order valence-electron chi connectivity index (χ0n) is 13.2. The lowest BCUT2D eigenvalue weighted by Gasteiger charge is -2.19. The Morgan fingerprint density at radius 1 is 1.04 bits per heavy atom. The summed E-state index contributed by atoms with van der Waals surface area (Å²) in [6.07, 6.45) is 3.41. The van der Waals surface area contributed by atoms with Crippen LogP contribution in [-0.4, -0.2) is 5.97 Å². The van der Waals surface area contributed by atoms with Crippen LogP contribution in [0.1, 0.15) is 37.7 Å². The van der Waals surface area contributed by atoms with Gasteiger partial charge in [0.15, 0.2) is 4.67 Å². The van der Waals surface area contributed by atoms with Gasteiger partial charge in [-0.25, -0.2) is 4.79 Å².